The van der Waals surface area contributed by atoms with Crippen LogP contribution in [0.2, 0.25) is 0 Å². The van der Waals surface area contributed by atoms with Gasteiger partial charge in [-0.3, -0.25) is 28.9 Å². The highest BCUT2D eigenvalue weighted by Gasteiger charge is 2.66. The van der Waals surface area contributed by atoms with Crippen LogP contribution in [0.15, 0.2) is 127 Å². The maximum Gasteiger partial charge on any atom is 0.238 e. The first-order chi connectivity index (χ1) is 23.7. The third kappa shape index (κ3) is 4.52. The van der Waals surface area contributed by atoms with Crippen LogP contribution in [-0.2, 0) is 24.6 Å². The van der Waals surface area contributed by atoms with E-state index < -0.39 is 35.0 Å². The Morgan fingerprint density at radius 1 is 0.796 bits per heavy atom. The molecule has 1 aliphatic heterocycles. The van der Waals surface area contributed by atoms with Gasteiger partial charge in [0.1, 0.15) is 5.75 Å². The molecule has 6 atom stereocenters. The Morgan fingerprint density at radius 2 is 1.49 bits per heavy atom. The zero-order chi connectivity index (χ0) is 34.0. The fourth-order valence-corrected chi connectivity index (χ4v) is 9.05. The van der Waals surface area contributed by atoms with E-state index in [4.69, 9.17) is 0 Å². The lowest BCUT2D eigenvalue weighted by Gasteiger charge is -2.55. The zero-order valence-electron chi connectivity index (χ0n) is 26.8. The number of imide groups is 1. The Morgan fingerprint density at radius 3 is 2.16 bits per heavy atom. The number of anilines is 1. The van der Waals surface area contributed by atoms with Gasteiger partial charge in [-0.2, -0.15) is 0 Å². The number of phenols is 1. The fourth-order valence-electron chi connectivity index (χ4n) is 9.05. The van der Waals surface area contributed by atoms with Gasteiger partial charge in [0.05, 0.1) is 22.9 Å². The van der Waals surface area contributed by atoms with E-state index in [0.717, 1.165) is 5.57 Å². The molecule has 2 amide bonds. The van der Waals surface area contributed by atoms with E-state index in [0.29, 0.717) is 39.9 Å². The van der Waals surface area contributed by atoms with Crippen molar-refractivity contribution in [3.8, 4) is 5.75 Å². The zero-order valence-corrected chi connectivity index (χ0v) is 26.8. The second-order valence-electron chi connectivity index (χ2n) is 13.5. The molecule has 0 bridgehead atoms. The second-order valence-corrected chi connectivity index (χ2v) is 13.5. The van der Waals surface area contributed by atoms with Crippen LogP contribution in [0.5, 0.6) is 5.75 Å². The molecule has 1 saturated heterocycles. The molecular weight excluding hydrogens is 614 g/mol. The minimum absolute atomic E-state index is 0.0241. The third-order valence-electron chi connectivity index (χ3n) is 11.1. The van der Waals surface area contributed by atoms with E-state index in [1.807, 2.05) is 72.8 Å². The predicted octanol–water partition coefficient (Wildman–Crippen LogP) is 6.62. The van der Waals surface area contributed by atoms with Crippen LogP contribution in [0.1, 0.15) is 52.7 Å². The van der Waals surface area contributed by atoms with E-state index in [2.05, 4.69) is 0 Å². The minimum Gasteiger partial charge on any atom is -0.508 e. The molecule has 2 fully saturated rings. The highest BCUT2D eigenvalue weighted by Crippen LogP contribution is 2.63. The van der Waals surface area contributed by atoms with Crippen LogP contribution < -0.4 is 4.90 Å². The summed E-state index contributed by atoms with van der Waals surface area (Å²) in [5.74, 6) is -4.61. The second kappa shape index (κ2) is 11.5. The molecule has 49 heavy (non-hydrogen) atoms. The van der Waals surface area contributed by atoms with Crippen molar-refractivity contribution < 1.29 is 29.1 Å². The van der Waals surface area contributed by atoms with Gasteiger partial charge in [-0.25, -0.2) is 0 Å². The standard InChI is InChI=1S/C42H33NO6/c1-24(44)25-15-17-29(18-16-25)43-40(48)32-20-19-31-34(37(32)41(43)49)22-35-39(47)33(26-9-4-2-5-10-26)23-36(46)42(35,28-12-6-3-7-13-28)38(31)27-11-8-14-30(45)21-27/h2-19,21,23,32,34-35,37-38,45H,20,22H2,1H3. The molecule has 4 aromatic rings. The molecule has 3 aliphatic carbocycles. The van der Waals surface area contributed by atoms with Gasteiger partial charge in [-0.05, 0) is 84.8 Å². The van der Waals surface area contributed by atoms with Gasteiger partial charge < -0.3 is 5.11 Å². The molecule has 242 valence electrons. The van der Waals surface area contributed by atoms with Gasteiger partial charge in [0.2, 0.25) is 11.8 Å². The van der Waals surface area contributed by atoms with Crippen molar-refractivity contribution in [3.05, 3.63) is 149 Å². The Labute approximate surface area is 283 Å². The number of rotatable bonds is 5. The first-order valence-corrected chi connectivity index (χ1v) is 16.6. The molecule has 0 spiro atoms. The van der Waals surface area contributed by atoms with Crippen LogP contribution in [0, 0.1) is 23.7 Å². The molecule has 1 N–H and O–H groups in total. The van der Waals surface area contributed by atoms with E-state index in [1.165, 1.54) is 17.9 Å². The summed E-state index contributed by atoms with van der Waals surface area (Å²) in [6, 6.07) is 31.8. The third-order valence-corrected chi connectivity index (χ3v) is 11.1. The van der Waals surface area contributed by atoms with Crippen molar-refractivity contribution in [2.75, 3.05) is 4.90 Å². The van der Waals surface area contributed by atoms with Crippen molar-refractivity contribution >= 4 is 40.4 Å². The van der Waals surface area contributed by atoms with E-state index in [9.17, 15) is 24.3 Å². The molecule has 7 heteroatoms. The van der Waals surface area contributed by atoms with Crippen molar-refractivity contribution in [1.82, 2.24) is 0 Å². The minimum atomic E-state index is -1.35. The van der Waals surface area contributed by atoms with Crippen LogP contribution in [-0.4, -0.2) is 34.3 Å². The van der Waals surface area contributed by atoms with E-state index >= 15 is 4.79 Å². The number of amides is 2. The number of carbonyl (C=O) groups is 5. The lowest BCUT2D eigenvalue weighted by Crippen LogP contribution is -2.58. The summed E-state index contributed by atoms with van der Waals surface area (Å²) < 4.78 is 0. The van der Waals surface area contributed by atoms with Gasteiger partial charge in [0, 0.05) is 23.0 Å². The quantitative estimate of drug-likeness (QED) is 0.148. The smallest absolute Gasteiger partial charge is 0.238 e. The van der Waals surface area contributed by atoms with Crippen LogP contribution in [0.3, 0.4) is 0 Å². The fraction of sp³-hybridized carbons (Fsp3) is 0.214. The normalized spacial score (nSPS) is 27.5. The van der Waals surface area contributed by atoms with Crippen LogP contribution in [0.4, 0.5) is 5.69 Å². The molecular formula is C42H33NO6. The Bertz CT molecular complexity index is 2120. The number of ketones is 3. The number of phenolic OH excluding ortho intramolecular Hbond substituents is 1. The Hall–Kier alpha value is -5.69. The molecule has 8 rings (SSSR count). The first-order valence-electron chi connectivity index (χ1n) is 16.6. The Kier molecular flexibility index (Phi) is 7.18. The monoisotopic (exact) mass is 647 g/mol. The van der Waals surface area contributed by atoms with Crippen molar-refractivity contribution in [2.45, 2.75) is 31.1 Å². The van der Waals surface area contributed by atoms with Gasteiger partial charge >= 0.3 is 0 Å². The maximum absolute atomic E-state index is 15.0. The van der Waals surface area contributed by atoms with Gasteiger partial charge in [0.15, 0.2) is 17.3 Å². The molecule has 0 radical (unpaired) electrons. The van der Waals surface area contributed by atoms with Gasteiger partial charge in [0.25, 0.3) is 0 Å². The van der Waals surface area contributed by atoms with Gasteiger partial charge in [-0.1, -0.05) is 84.4 Å². The van der Waals surface area contributed by atoms with Crippen molar-refractivity contribution in [1.29, 1.82) is 0 Å². The summed E-state index contributed by atoms with van der Waals surface area (Å²) in [6.45, 7) is 1.46. The average molecular weight is 648 g/mol. The summed E-state index contributed by atoms with van der Waals surface area (Å²) in [6.07, 6.45) is 3.98. The summed E-state index contributed by atoms with van der Waals surface area (Å²) in [7, 11) is 0. The summed E-state index contributed by atoms with van der Waals surface area (Å²) >= 11 is 0. The van der Waals surface area contributed by atoms with Crippen LogP contribution >= 0.6 is 0 Å². The molecule has 4 aromatic carbocycles. The number of allylic oxidation sites excluding steroid dienone is 4. The number of Topliss-reactive ketones (excluding diaryl/α,β-unsaturated/α-hetero) is 2. The summed E-state index contributed by atoms with van der Waals surface area (Å²) in [5, 5.41) is 10.7. The molecule has 6 unspecified atom stereocenters. The van der Waals surface area contributed by atoms with Crippen LogP contribution in [0.25, 0.3) is 5.57 Å². The molecule has 0 aromatic heterocycles. The number of carbonyl (C=O) groups excluding carboxylic acids is 5. The number of fused-ring (bicyclic) bond motifs is 4. The van der Waals surface area contributed by atoms with E-state index in [1.54, 1.807) is 42.5 Å². The Balaban J connectivity index is 1.32. The van der Waals surface area contributed by atoms with Crippen molar-refractivity contribution in [2.24, 2.45) is 23.7 Å². The number of nitrogens with zero attached hydrogens (tertiary/aromatic N) is 1. The number of hydrogen-bond acceptors (Lipinski definition) is 6. The lowest BCUT2D eigenvalue weighted by molar-refractivity contribution is -0.135. The topological polar surface area (TPSA) is 109 Å². The molecule has 1 saturated carbocycles. The summed E-state index contributed by atoms with van der Waals surface area (Å²) in [4.78, 5) is 71.6. The van der Waals surface area contributed by atoms with Crippen molar-refractivity contribution in [3.63, 3.8) is 0 Å². The highest BCUT2D eigenvalue weighted by molar-refractivity contribution is 6.32. The number of benzene rings is 4. The largest absolute Gasteiger partial charge is 0.508 e. The maximum atomic E-state index is 15.0. The SMILES string of the molecule is CC(=O)c1ccc(N2C(=O)C3CC=C4C(CC5C(=O)C(c6ccccc6)=CC(=O)C5(c5ccccc5)C4c4cccc(O)c4)C3C2=O)cc1. The average Bonchev–Trinajstić information content (AvgIpc) is 3.38. The number of aromatic hydroxyl groups is 1. The molecule has 1 heterocycles. The first kappa shape index (κ1) is 30.6. The number of hydrogen-bond donors (Lipinski definition) is 1. The van der Waals surface area contributed by atoms with Gasteiger partial charge in [-0.15, -0.1) is 0 Å². The highest BCUT2D eigenvalue weighted by atomic mass is 16.3. The lowest BCUT2D eigenvalue weighted by atomic mass is 9.44. The molecule has 4 aliphatic rings. The van der Waals surface area contributed by atoms with E-state index in [-0.39, 0.29) is 41.3 Å². The summed E-state index contributed by atoms with van der Waals surface area (Å²) in [5.41, 5.74) is 2.68. The predicted molar refractivity (Wildman–Crippen MR) is 184 cm³/mol. The molecule has 7 nitrogen and oxygen atoms in total.